The molecule has 0 amide bonds. The molecule has 0 saturated carbocycles. The molecule has 2 rings (SSSR count). The Kier molecular flexibility index (Phi) is 4.97. The molecule has 2 aromatic heterocycles. The first-order chi connectivity index (χ1) is 10.3. The Balaban J connectivity index is 2.68. The van der Waals surface area contributed by atoms with E-state index in [9.17, 15) is 13.6 Å². The summed E-state index contributed by atoms with van der Waals surface area (Å²) in [7, 11) is 0. The zero-order valence-electron chi connectivity index (χ0n) is 11.1. The molecule has 0 atom stereocenters. The summed E-state index contributed by atoms with van der Waals surface area (Å²) in [5.41, 5.74) is -0.383. The number of carboxylic acids is 1. The third-order valence-corrected chi connectivity index (χ3v) is 3.42. The van der Waals surface area contributed by atoms with E-state index in [0.29, 0.717) is 10.9 Å². The molecule has 0 aliphatic heterocycles. The molecule has 118 valence electrons. The molecule has 2 aromatic rings. The highest BCUT2D eigenvalue weighted by atomic mass is 79.9. The van der Waals surface area contributed by atoms with Gasteiger partial charge < -0.3 is 9.84 Å². The lowest BCUT2D eigenvalue weighted by atomic mass is 10.4. The number of hydrogen-bond acceptors (Lipinski definition) is 4. The van der Waals surface area contributed by atoms with Crippen LogP contribution in [0.2, 0.25) is 5.15 Å². The molecule has 0 unspecified atom stereocenters. The average molecular weight is 397 g/mol. The Morgan fingerprint density at radius 1 is 1.59 bits per heavy atom. The van der Waals surface area contributed by atoms with Gasteiger partial charge in [0.05, 0.1) is 0 Å². The van der Waals surface area contributed by atoms with Gasteiger partial charge >= 0.3 is 12.6 Å². The second kappa shape index (κ2) is 6.57. The summed E-state index contributed by atoms with van der Waals surface area (Å²) in [6.07, 6.45) is 1.67. The van der Waals surface area contributed by atoms with Gasteiger partial charge in [-0.15, -0.1) is 0 Å². The number of carbonyl (C=O) groups is 1. The van der Waals surface area contributed by atoms with E-state index in [1.807, 2.05) is 0 Å². The van der Waals surface area contributed by atoms with Crippen molar-refractivity contribution in [2.24, 2.45) is 0 Å². The lowest BCUT2D eigenvalue weighted by Gasteiger charge is -2.13. The Bertz CT molecular complexity index is 724. The maximum absolute atomic E-state index is 12.5. The first-order valence-corrected chi connectivity index (χ1v) is 7.13. The number of carboxylic acid groups (broad SMARTS) is 1. The zero-order chi connectivity index (χ0) is 16.4. The van der Waals surface area contributed by atoms with Crippen molar-refractivity contribution >= 4 is 33.5 Å². The van der Waals surface area contributed by atoms with Gasteiger partial charge in [0.25, 0.3) is 0 Å². The van der Waals surface area contributed by atoms with Crippen LogP contribution in [0.25, 0.3) is 5.82 Å². The number of hydrogen-bond donors (Lipinski definition) is 1. The number of aromatic carboxylic acids is 1. The van der Waals surface area contributed by atoms with Crippen molar-refractivity contribution in [3.63, 3.8) is 0 Å². The molecule has 2 heterocycles. The molecule has 0 aliphatic rings. The number of rotatable bonds is 5. The topological polar surface area (TPSA) is 77.2 Å². The number of imidazole rings is 1. The van der Waals surface area contributed by atoms with E-state index in [2.05, 4.69) is 30.6 Å². The van der Waals surface area contributed by atoms with Crippen molar-refractivity contribution in [2.75, 3.05) is 0 Å². The van der Waals surface area contributed by atoms with Crippen LogP contribution in [0, 0.1) is 0 Å². The largest absolute Gasteiger partial charge is 0.476 e. The molecule has 22 heavy (non-hydrogen) atoms. The monoisotopic (exact) mass is 395 g/mol. The van der Waals surface area contributed by atoms with Crippen LogP contribution in [0.15, 0.2) is 16.7 Å². The third-order valence-electron chi connectivity index (χ3n) is 2.64. The van der Waals surface area contributed by atoms with E-state index in [0.717, 1.165) is 0 Å². The van der Waals surface area contributed by atoms with Gasteiger partial charge in [0.1, 0.15) is 11.0 Å². The van der Waals surface area contributed by atoms with Crippen LogP contribution < -0.4 is 4.74 Å². The number of nitrogens with zero attached hydrogens (tertiary/aromatic N) is 3. The summed E-state index contributed by atoms with van der Waals surface area (Å²) in [5.74, 6) is -1.39. The Labute approximate surface area is 136 Å². The van der Waals surface area contributed by atoms with Gasteiger partial charge in [0.15, 0.2) is 17.3 Å². The van der Waals surface area contributed by atoms with Crippen LogP contribution in [-0.4, -0.2) is 32.2 Å². The van der Waals surface area contributed by atoms with E-state index in [4.69, 9.17) is 16.7 Å². The van der Waals surface area contributed by atoms with Crippen molar-refractivity contribution in [3.8, 4) is 11.6 Å². The third kappa shape index (κ3) is 3.20. The minimum absolute atomic E-state index is 0.0645. The molecule has 6 nitrogen and oxygen atoms in total. The van der Waals surface area contributed by atoms with Crippen LogP contribution in [0.3, 0.4) is 0 Å². The van der Waals surface area contributed by atoms with Gasteiger partial charge in [-0.3, -0.25) is 4.57 Å². The normalized spacial score (nSPS) is 11.0. The summed E-state index contributed by atoms with van der Waals surface area (Å²) >= 11 is 9.11. The predicted octanol–water partition coefficient (Wildman–Crippen LogP) is 3.55. The lowest BCUT2D eigenvalue weighted by Crippen LogP contribution is -2.09. The summed E-state index contributed by atoms with van der Waals surface area (Å²) in [5, 5.41) is 8.83. The van der Waals surface area contributed by atoms with Crippen molar-refractivity contribution < 1.29 is 23.4 Å². The zero-order valence-corrected chi connectivity index (χ0v) is 13.4. The van der Waals surface area contributed by atoms with Gasteiger partial charge in [-0.25, -0.2) is 14.8 Å². The maximum Gasteiger partial charge on any atom is 0.387 e. The van der Waals surface area contributed by atoms with Crippen LogP contribution in [0.5, 0.6) is 5.75 Å². The Morgan fingerprint density at radius 3 is 2.82 bits per heavy atom. The van der Waals surface area contributed by atoms with E-state index >= 15 is 0 Å². The number of halogens is 4. The van der Waals surface area contributed by atoms with E-state index in [1.54, 1.807) is 6.92 Å². The van der Waals surface area contributed by atoms with E-state index in [-0.39, 0.29) is 28.2 Å². The smallest absolute Gasteiger partial charge is 0.387 e. The Morgan fingerprint density at radius 2 is 2.27 bits per heavy atom. The fraction of sp³-hybridized carbons (Fsp3) is 0.250. The quantitative estimate of drug-likeness (QED) is 0.836. The SMILES string of the molecule is CCc1nc(C(=O)O)c(Cl)n1-c1ncc(Br)cc1OC(F)F. The Hall–Kier alpha value is -1.74. The van der Waals surface area contributed by atoms with Gasteiger partial charge in [-0.05, 0) is 15.9 Å². The molecule has 1 N–H and O–H groups in total. The molecule has 0 fully saturated rings. The predicted molar refractivity (Wildman–Crippen MR) is 77.0 cm³/mol. The number of ether oxygens (including phenoxy) is 1. The molecule has 10 heteroatoms. The van der Waals surface area contributed by atoms with Gasteiger partial charge in [-0.2, -0.15) is 8.78 Å². The van der Waals surface area contributed by atoms with E-state index in [1.165, 1.54) is 16.8 Å². The van der Waals surface area contributed by atoms with Crippen molar-refractivity contribution in [1.29, 1.82) is 0 Å². The number of aromatic nitrogens is 3. The van der Waals surface area contributed by atoms with Crippen LogP contribution >= 0.6 is 27.5 Å². The second-order valence-electron chi connectivity index (χ2n) is 4.02. The minimum atomic E-state index is -3.07. The minimum Gasteiger partial charge on any atom is -0.476 e. The standard InChI is InChI=1S/C12H9BrClF2N3O3/c1-2-7-18-8(11(20)21)9(14)19(7)10-6(22-12(15)16)3-5(13)4-17-10/h3-4,12H,2H2,1H3,(H,20,21). The van der Waals surface area contributed by atoms with Crippen LogP contribution in [0.1, 0.15) is 23.2 Å². The van der Waals surface area contributed by atoms with Gasteiger partial charge in [0, 0.05) is 23.2 Å². The molecule has 0 aromatic carbocycles. The number of pyridine rings is 1. The lowest BCUT2D eigenvalue weighted by molar-refractivity contribution is -0.0501. The molecule has 0 aliphatic carbocycles. The van der Waals surface area contributed by atoms with Crippen molar-refractivity contribution in [2.45, 2.75) is 20.0 Å². The highest BCUT2D eigenvalue weighted by Gasteiger charge is 2.24. The number of aryl methyl sites for hydroxylation is 1. The first kappa shape index (κ1) is 16.6. The molecule has 0 radical (unpaired) electrons. The van der Waals surface area contributed by atoms with Crippen LogP contribution in [0.4, 0.5) is 8.78 Å². The first-order valence-electron chi connectivity index (χ1n) is 5.96. The van der Waals surface area contributed by atoms with Gasteiger partial charge in [0.2, 0.25) is 0 Å². The summed E-state index contributed by atoms with van der Waals surface area (Å²) in [6, 6.07) is 1.28. The average Bonchev–Trinajstić information content (AvgIpc) is 2.75. The van der Waals surface area contributed by atoms with Crippen molar-refractivity contribution in [1.82, 2.24) is 14.5 Å². The fourth-order valence-corrected chi connectivity index (χ4v) is 2.41. The number of alkyl halides is 2. The highest BCUT2D eigenvalue weighted by Crippen LogP contribution is 2.31. The molecule has 0 saturated heterocycles. The fourth-order valence-electron chi connectivity index (χ4n) is 1.80. The van der Waals surface area contributed by atoms with Crippen molar-refractivity contribution in [3.05, 3.63) is 33.4 Å². The summed E-state index contributed by atoms with van der Waals surface area (Å²) < 4.78 is 31.1. The van der Waals surface area contributed by atoms with Gasteiger partial charge in [-0.1, -0.05) is 18.5 Å². The van der Waals surface area contributed by atoms with E-state index < -0.39 is 12.6 Å². The second-order valence-corrected chi connectivity index (χ2v) is 5.29. The maximum atomic E-state index is 12.5. The highest BCUT2D eigenvalue weighted by molar-refractivity contribution is 9.10. The molecular weight excluding hydrogens is 388 g/mol. The molecular formula is C12H9BrClF2N3O3. The summed E-state index contributed by atoms with van der Waals surface area (Å²) in [4.78, 5) is 19.0. The van der Waals surface area contributed by atoms with Crippen LogP contribution in [-0.2, 0) is 6.42 Å². The summed E-state index contributed by atoms with van der Waals surface area (Å²) in [6.45, 7) is -1.35. The molecule has 0 bridgehead atoms. The molecule has 0 spiro atoms.